The predicted octanol–water partition coefficient (Wildman–Crippen LogP) is 6.01. The number of ether oxygens (including phenoxy) is 2. The van der Waals surface area contributed by atoms with E-state index in [-0.39, 0.29) is 12.3 Å². The molecule has 242 valence electrons. The van der Waals surface area contributed by atoms with Crippen LogP contribution in [-0.2, 0) is 4.74 Å². The van der Waals surface area contributed by atoms with Crippen LogP contribution >= 0.6 is 15.9 Å². The van der Waals surface area contributed by atoms with Crippen molar-refractivity contribution < 1.29 is 23.8 Å². The molecule has 1 saturated heterocycles. The number of carbonyl (C=O) groups is 1. The molecule has 2 aromatic heterocycles. The molecule has 12 nitrogen and oxygen atoms in total. The lowest BCUT2D eigenvalue weighted by atomic mass is 10.1. The number of hydrogen-bond donors (Lipinski definition) is 2. The molecule has 0 spiro atoms. The van der Waals surface area contributed by atoms with Gasteiger partial charge in [-0.3, -0.25) is 4.90 Å². The SMILES string of the molecule is C=C1C=C(Oc2ccc(Nc3ncnc4cc(Br)c(N5CCN(C(=O)OC(C)(C)C)C(CO)C5)nc34)c(F)c2C)C=CN1/N=C\C. The molecule has 4 heterocycles. The van der Waals surface area contributed by atoms with Crippen LogP contribution in [0.2, 0.25) is 0 Å². The third kappa shape index (κ3) is 7.12. The highest BCUT2D eigenvalue weighted by atomic mass is 79.9. The number of anilines is 3. The lowest BCUT2D eigenvalue weighted by Gasteiger charge is -2.41. The number of carbonyl (C=O) groups excluding carboxylic acids is 1. The van der Waals surface area contributed by atoms with Crippen molar-refractivity contribution >= 4 is 56.6 Å². The number of pyridine rings is 1. The van der Waals surface area contributed by atoms with Gasteiger partial charge in [0.2, 0.25) is 0 Å². The summed E-state index contributed by atoms with van der Waals surface area (Å²) in [6, 6.07) is 4.55. The molecule has 0 bridgehead atoms. The summed E-state index contributed by atoms with van der Waals surface area (Å²) in [4.78, 5) is 29.9. The molecule has 1 unspecified atom stereocenters. The van der Waals surface area contributed by atoms with Crippen LogP contribution in [0.3, 0.4) is 0 Å². The lowest BCUT2D eigenvalue weighted by molar-refractivity contribution is 0.00698. The Bertz CT molecular complexity index is 1760. The number of amides is 1. The monoisotopic (exact) mass is 694 g/mol. The van der Waals surface area contributed by atoms with E-state index >= 15 is 4.39 Å². The normalized spacial score (nSPS) is 17.1. The van der Waals surface area contributed by atoms with Crippen molar-refractivity contribution in [3.63, 3.8) is 0 Å². The largest absolute Gasteiger partial charge is 0.457 e. The number of rotatable bonds is 7. The van der Waals surface area contributed by atoms with E-state index in [1.165, 1.54) is 6.33 Å². The number of aliphatic hydroxyl groups is 1. The highest BCUT2D eigenvalue weighted by Crippen LogP contribution is 2.34. The quantitative estimate of drug-likeness (QED) is 0.284. The number of nitrogens with one attached hydrogen (secondary N) is 1. The number of aromatic nitrogens is 3. The summed E-state index contributed by atoms with van der Waals surface area (Å²) in [6.07, 6.45) is 7.70. The second kappa shape index (κ2) is 13.4. The van der Waals surface area contributed by atoms with Crippen LogP contribution < -0.4 is 15.0 Å². The van der Waals surface area contributed by atoms with E-state index in [0.717, 1.165) is 0 Å². The van der Waals surface area contributed by atoms with Crippen LogP contribution in [-0.4, -0.2) is 80.2 Å². The summed E-state index contributed by atoms with van der Waals surface area (Å²) in [7, 11) is 0. The minimum absolute atomic E-state index is 0.184. The molecule has 1 atom stereocenters. The second-order valence-corrected chi connectivity index (χ2v) is 12.5. The van der Waals surface area contributed by atoms with Gasteiger partial charge in [0.1, 0.15) is 34.8 Å². The Balaban J connectivity index is 1.37. The van der Waals surface area contributed by atoms with E-state index in [2.05, 4.69) is 42.9 Å². The first kappa shape index (κ1) is 32.8. The number of nitrogens with zero attached hydrogens (tertiary/aromatic N) is 7. The molecule has 0 aliphatic carbocycles. The first-order valence-electron chi connectivity index (χ1n) is 14.7. The lowest BCUT2D eigenvalue weighted by Crippen LogP contribution is -2.57. The van der Waals surface area contributed by atoms with Crippen LogP contribution in [0.25, 0.3) is 11.0 Å². The summed E-state index contributed by atoms with van der Waals surface area (Å²) < 4.78 is 27.9. The van der Waals surface area contributed by atoms with E-state index in [0.29, 0.717) is 69.5 Å². The zero-order chi connectivity index (χ0) is 33.2. The van der Waals surface area contributed by atoms with E-state index in [1.54, 1.807) is 81.2 Å². The van der Waals surface area contributed by atoms with Crippen LogP contribution in [0.4, 0.5) is 26.5 Å². The fraction of sp³-hybridized carbons (Fsp3) is 0.344. The van der Waals surface area contributed by atoms with Gasteiger partial charge in [-0.25, -0.2) is 29.1 Å². The van der Waals surface area contributed by atoms with Crippen molar-refractivity contribution in [2.75, 3.05) is 36.5 Å². The molecule has 1 fully saturated rings. The topological polar surface area (TPSA) is 129 Å². The van der Waals surface area contributed by atoms with Gasteiger partial charge in [0, 0.05) is 43.7 Å². The molecule has 2 N–H and O–H groups in total. The molecule has 3 aromatic rings. The van der Waals surface area contributed by atoms with E-state index < -0.39 is 23.6 Å². The van der Waals surface area contributed by atoms with Gasteiger partial charge < -0.3 is 24.8 Å². The molecule has 2 aliphatic heterocycles. The summed E-state index contributed by atoms with van der Waals surface area (Å²) in [5, 5.41) is 19.0. The van der Waals surface area contributed by atoms with E-state index in [9.17, 15) is 9.90 Å². The van der Waals surface area contributed by atoms with Gasteiger partial charge in [-0.05, 0) is 74.8 Å². The standard InChI is InChI=1S/C32H36BrFN8O4/c1-7-37-42-11-10-22(14-19(42)2)45-26-9-8-24(27(34)20(26)3)38-29-28-25(35-18-36-29)15-23(33)30(39-28)40-12-13-41(21(16-40)17-43)31(44)46-32(4,5)6/h7-11,14-15,18,21,43H,2,12-13,16-17H2,1,3-6H3,(H,35,36,38)/b37-7-. The molecule has 1 aromatic carbocycles. The Labute approximate surface area is 275 Å². The van der Waals surface area contributed by atoms with Crippen LogP contribution in [0, 0.1) is 12.7 Å². The van der Waals surface area contributed by atoms with E-state index in [4.69, 9.17) is 14.5 Å². The first-order valence-corrected chi connectivity index (χ1v) is 15.4. The number of allylic oxidation sites excluding steroid dienone is 2. The van der Waals surface area contributed by atoms with E-state index in [1.807, 2.05) is 11.0 Å². The van der Waals surface area contributed by atoms with Crippen molar-refractivity contribution in [1.82, 2.24) is 24.9 Å². The molecule has 46 heavy (non-hydrogen) atoms. The third-order valence-electron chi connectivity index (χ3n) is 7.21. The van der Waals surface area contributed by atoms with Gasteiger partial charge >= 0.3 is 6.09 Å². The van der Waals surface area contributed by atoms with Gasteiger partial charge in [0.05, 0.1) is 34.0 Å². The Morgan fingerprint density at radius 3 is 2.78 bits per heavy atom. The summed E-state index contributed by atoms with van der Waals surface area (Å²) in [6.45, 7) is 13.7. The number of hydrazone groups is 1. The first-order chi connectivity index (χ1) is 21.9. The van der Waals surface area contributed by atoms with Gasteiger partial charge in [-0.1, -0.05) is 6.58 Å². The number of benzene rings is 1. The maximum atomic E-state index is 15.7. The van der Waals surface area contributed by atoms with Gasteiger partial charge in [-0.2, -0.15) is 5.10 Å². The number of hydrogen-bond acceptors (Lipinski definition) is 11. The van der Waals surface area contributed by atoms with Crippen LogP contribution in [0.1, 0.15) is 33.3 Å². The summed E-state index contributed by atoms with van der Waals surface area (Å²) in [5.41, 5.74) is 1.39. The van der Waals surface area contributed by atoms with Crippen LogP contribution in [0.5, 0.6) is 5.75 Å². The third-order valence-corrected chi connectivity index (χ3v) is 7.79. The van der Waals surface area contributed by atoms with Crippen molar-refractivity contribution in [1.29, 1.82) is 0 Å². The smallest absolute Gasteiger partial charge is 0.410 e. The predicted molar refractivity (Wildman–Crippen MR) is 178 cm³/mol. The molecular formula is C32H36BrFN8O4. The number of piperazine rings is 1. The van der Waals surface area contributed by atoms with Crippen molar-refractivity contribution in [2.45, 2.75) is 46.3 Å². The second-order valence-electron chi connectivity index (χ2n) is 11.7. The van der Waals surface area contributed by atoms with Crippen LogP contribution in [0.15, 0.2) is 70.5 Å². The van der Waals surface area contributed by atoms with Crippen molar-refractivity contribution in [3.8, 4) is 5.75 Å². The molecule has 14 heteroatoms. The maximum absolute atomic E-state index is 15.7. The van der Waals surface area contributed by atoms with Gasteiger partial charge in [-0.15, -0.1) is 0 Å². The number of halogens is 2. The summed E-state index contributed by atoms with van der Waals surface area (Å²) in [5.74, 6) is 1.21. The zero-order valence-corrected chi connectivity index (χ0v) is 27.9. The average molecular weight is 696 g/mol. The number of fused-ring (bicyclic) bond motifs is 1. The molecule has 5 rings (SSSR count). The zero-order valence-electron chi connectivity index (χ0n) is 26.3. The van der Waals surface area contributed by atoms with Crippen molar-refractivity contribution in [2.24, 2.45) is 5.10 Å². The highest BCUT2D eigenvalue weighted by molar-refractivity contribution is 9.10. The Kier molecular flexibility index (Phi) is 9.58. The Hall–Kier alpha value is -4.56. The fourth-order valence-corrected chi connectivity index (χ4v) is 5.53. The Morgan fingerprint density at radius 2 is 2.09 bits per heavy atom. The minimum Gasteiger partial charge on any atom is -0.457 e. The molecular weight excluding hydrogens is 659 g/mol. The molecule has 0 saturated carbocycles. The molecule has 1 amide bonds. The fourth-order valence-electron chi connectivity index (χ4n) is 4.98. The van der Waals surface area contributed by atoms with Gasteiger partial charge in [0.15, 0.2) is 11.6 Å². The van der Waals surface area contributed by atoms with Crippen molar-refractivity contribution in [3.05, 3.63) is 76.8 Å². The molecule has 0 radical (unpaired) electrons. The summed E-state index contributed by atoms with van der Waals surface area (Å²) >= 11 is 3.60. The highest BCUT2D eigenvalue weighted by Gasteiger charge is 2.34. The Morgan fingerprint density at radius 1 is 1.30 bits per heavy atom. The average Bonchev–Trinajstić information content (AvgIpc) is 3.01. The maximum Gasteiger partial charge on any atom is 0.410 e. The minimum atomic E-state index is -0.655. The van der Waals surface area contributed by atoms with Gasteiger partial charge in [0.25, 0.3) is 0 Å². The molecule has 2 aliphatic rings. The number of aliphatic hydroxyl groups excluding tert-OH is 1.